The number of pyridine rings is 1. The Balaban J connectivity index is 2.14. The lowest BCUT2D eigenvalue weighted by Crippen LogP contribution is -2.35. The van der Waals surface area contributed by atoms with Gasteiger partial charge in [0.1, 0.15) is 5.82 Å². The number of carbonyl (C=O) groups excluding carboxylic acids is 2. The van der Waals surface area contributed by atoms with Crippen LogP contribution in [0.4, 0.5) is 5.82 Å². The van der Waals surface area contributed by atoms with Crippen LogP contribution in [0.25, 0.3) is 0 Å². The number of nitrogens with zero attached hydrogens (tertiary/aromatic N) is 2. The first-order chi connectivity index (χ1) is 13.1. The van der Waals surface area contributed by atoms with E-state index in [-0.39, 0.29) is 21.5 Å². The number of esters is 1. The predicted molar refractivity (Wildman–Crippen MR) is 108 cm³/mol. The third kappa shape index (κ3) is 5.37. The fourth-order valence-corrected chi connectivity index (χ4v) is 4.46. The highest BCUT2D eigenvalue weighted by Gasteiger charge is 2.26. The second-order valence-corrected chi connectivity index (χ2v) is 8.71. The van der Waals surface area contributed by atoms with Gasteiger partial charge in [0.25, 0.3) is 0 Å². The summed E-state index contributed by atoms with van der Waals surface area (Å²) in [5, 5.41) is 2.56. The summed E-state index contributed by atoms with van der Waals surface area (Å²) in [7, 11) is -2.67. The number of carbonyl (C=O) groups is 2. The molecule has 1 amide bonds. The number of aromatic nitrogens is 1. The van der Waals surface area contributed by atoms with Crippen molar-refractivity contribution in [1.82, 2.24) is 9.29 Å². The van der Waals surface area contributed by atoms with E-state index in [0.717, 1.165) is 10.00 Å². The van der Waals surface area contributed by atoms with Crippen LogP contribution in [0.3, 0.4) is 0 Å². The van der Waals surface area contributed by atoms with Gasteiger partial charge in [-0.05, 0) is 60.1 Å². The van der Waals surface area contributed by atoms with Crippen LogP contribution in [0.2, 0.25) is 0 Å². The smallest absolute Gasteiger partial charge is 0.338 e. The lowest BCUT2D eigenvalue weighted by molar-refractivity contribution is -0.116. The largest absolute Gasteiger partial charge is 0.462 e. The molecule has 0 bridgehead atoms. The number of anilines is 1. The summed E-state index contributed by atoms with van der Waals surface area (Å²) in [4.78, 5) is 28.0. The fraction of sp³-hybridized carbons (Fsp3) is 0.278. The number of aryl methyl sites for hydroxylation is 1. The Kier molecular flexibility index (Phi) is 7.28. The monoisotopic (exact) mass is 469 g/mol. The lowest BCUT2D eigenvalue weighted by atomic mass is 10.2. The molecule has 150 valence electrons. The molecule has 0 aliphatic carbocycles. The molecule has 0 unspecified atom stereocenters. The van der Waals surface area contributed by atoms with Crippen molar-refractivity contribution in [3.05, 3.63) is 52.1 Å². The van der Waals surface area contributed by atoms with Gasteiger partial charge in [-0.25, -0.2) is 18.2 Å². The average molecular weight is 470 g/mol. The van der Waals surface area contributed by atoms with E-state index in [1.807, 2.05) is 0 Å². The molecule has 0 saturated heterocycles. The van der Waals surface area contributed by atoms with Crippen LogP contribution in [0.5, 0.6) is 0 Å². The molecular formula is C18H20BrN3O5S. The Morgan fingerprint density at radius 1 is 1.25 bits per heavy atom. The van der Waals surface area contributed by atoms with Gasteiger partial charge in [0, 0.05) is 17.2 Å². The fourth-order valence-electron chi connectivity index (χ4n) is 2.30. The van der Waals surface area contributed by atoms with E-state index in [0.29, 0.717) is 5.82 Å². The molecule has 28 heavy (non-hydrogen) atoms. The molecule has 1 aromatic heterocycles. The van der Waals surface area contributed by atoms with Gasteiger partial charge in [-0.2, -0.15) is 4.31 Å². The Labute approximate surface area is 172 Å². The van der Waals surface area contributed by atoms with Gasteiger partial charge in [-0.15, -0.1) is 0 Å². The molecule has 1 heterocycles. The summed E-state index contributed by atoms with van der Waals surface area (Å²) in [6.07, 6.45) is 0. The molecule has 10 heteroatoms. The van der Waals surface area contributed by atoms with Crippen molar-refractivity contribution in [2.45, 2.75) is 18.7 Å². The van der Waals surface area contributed by atoms with Crippen LogP contribution in [0, 0.1) is 6.92 Å². The number of likely N-dealkylation sites (N-methyl/N-ethyl adjacent to an activating group) is 1. The zero-order valence-corrected chi connectivity index (χ0v) is 18.0. The van der Waals surface area contributed by atoms with Crippen LogP contribution in [-0.2, 0) is 19.6 Å². The highest BCUT2D eigenvalue weighted by atomic mass is 79.9. The van der Waals surface area contributed by atoms with E-state index >= 15 is 0 Å². The summed E-state index contributed by atoms with van der Waals surface area (Å²) < 4.78 is 31.6. The number of ether oxygens (including phenoxy) is 1. The molecule has 8 nitrogen and oxygen atoms in total. The highest BCUT2D eigenvalue weighted by Crippen LogP contribution is 2.26. The second kappa shape index (κ2) is 9.26. The van der Waals surface area contributed by atoms with Crippen LogP contribution < -0.4 is 5.32 Å². The third-order valence-electron chi connectivity index (χ3n) is 3.65. The van der Waals surface area contributed by atoms with Crippen LogP contribution in [0.1, 0.15) is 23.0 Å². The number of halogens is 1. The van der Waals surface area contributed by atoms with Crippen LogP contribution >= 0.6 is 15.9 Å². The maximum atomic E-state index is 12.8. The van der Waals surface area contributed by atoms with E-state index in [4.69, 9.17) is 4.74 Å². The second-order valence-electron chi connectivity index (χ2n) is 5.84. The molecule has 0 atom stereocenters. The highest BCUT2D eigenvalue weighted by molar-refractivity contribution is 9.10. The first-order valence-corrected chi connectivity index (χ1v) is 10.5. The van der Waals surface area contributed by atoms with Crippen molar-refractivity contribution < 1.29 is 22.7 Å². The molecule has 0 radical (unpaired) electrons. The van der Waals surface area contributed by atoms with E-state index in [2.05, 4.69) is 26.2 Å². The van der Waals surface area contributed by atoms with Gasteiger partial charge < -0.3 is 10.1 Å². The predicted octanol–water partition coefficient (Wildman–Crippen LogP) is 2.59. The van der Waals surface area contributed by atoms with Crippen molar-refractivity contribution >= 4 is 43.6 Å². The van der Waals surface area contributed by atoms with Crippen molar-refractivity contribution in [2.24, 2.45) is 0 Å². The minimum Gasteiger partial charge on any atom is -0.462 e. The van der Waals surface area contributed by atoms with E-state index < -0.39 is 28.4 Å². The van der Waals surface area contributed by atoms with Crippen LogP contribution in [0.15, 0.2) is 45.8 Å². The van der Waals surface area contributed by atoms with Gasteiger partial charge in [0.05, 0.1) is 23.6 Å². The van der Waals surface area contributed by atoms with E-state index in [1.54, 1.807) is 32.0 Å². The first-order valence-electron chi connectivity index (χ1n) is 8.31. The summed E-state index contributed by atoms with van der Waals surface area (Å²) in [5.74, 6) is -0.732. The molecule has 0 fully saturated rings. The SMILES string of the molecule is CCOC(=O)c1ccc(S(=O)(=O)N(C)CC(=O)Nc2cccc(C)n2)c(Br)c1. The number of hydrogen-bond acceptors (Lipinski definition) is 6. The van der Waals surface area contributed by atoms with Crippen molar-refractivity contribution in [2.75, 3.05) is 25.5 Å². The quantitative estimate of drug-likeness (QED) is 0.624. The molecule has 1 aromatic carbocycles. The Morgan fingerprint density at radius 2 is 1.96 bits per heavy atom. The first kappa shape index (κ1) is 22.0. The van der Waals surface area contributed by atoms with Crippen LogP contribution in [-0.4, -0.2) is 49.8 Å². The maximum absolute atomic E-state index is 12.8. The standard InChI is InChI=1S/C18H20BrN3O5S/c1-4-27-18(24)13-8-9-15(14(19)10-13)28(25,26)22(3)11-17(23)21-16-7-5-6-12(2)20-16/h5-10H,4,11H2,1-3H3,(H,20,21,23). The third-order valence-corrected chi connectivity index (χ3v) is 6.43. The summed E-state index contributed by atoms with van der Waals surface area (Å²) in [6.45, 7) is 3.27. The van der Waals surface area contributed by atoms with Gasteiger partial charge in [-0.3, -0.25) is 4.79 Å². The molecule has 0 saturated carbocycles. The number of rotatable bonds is 7. The molecule has 0 aliphatic rings. The Bertz CT molecular complexity index is 994. The summed E-state index contributed by atoms with van der Waals surface area (Å²) in [6, 6.07) is 9.16. The molecule has 0 spiro atoms. The number of hydrogen-bond donors (Lipinski definition) is 1. The Morgan fingerprint density at radius 3 is 2.57 bits per heavy atom. The van der Waals surface area contributed by atoms with Crippen molar-refractivity contribution in [3.63, 3.8) is 0 Å². The summed E-state index contributed by atoms with van der Waals surface area (Å²) >= 11 is 3.17. The van der Waals surface area contributed by atoms with Crippen molar-refractivity contribution in [1.29, 1.82) is 0 Å². The minimum absolute atomic E-state index is 0.0653. The zero-order chi connectivity index (χ0) is 20.9. The van der Waals surface area contributed by atoms with Crippen molar-refractivity contribution in [3.8, 4) is 0 Å². The molecule has 0 aliphatic heterocycles. The molecule has 1 N–H and O–H groups in total. The van der Waals surface area contributed by atoms with E-state index in [9.17, 15) is 18.0 Å². The minimum atomic E-state index is -3.97. The number of benzene rings is 1. The number of nitrogens with one attached hydrogen (secondary N) is 1. The zero-order valence-electron chi connectivity index (χ0n) is 15.6. The van der Waals surface area contributed by atoms with E-state index in [1.165, 1.54) is 25.2 Å². The number of amides is 1. The normalized spacial score (nSPS) is 11.3. The summed E-state index contributed by atoms with van der Waals surface area (Å²) in [5.41, 5.74) is 0.947. The topological polar surface area (TPSA) is 106 Å². The number of sulfonamides is 1. The lowest BCUT2D eigenvalue weighted by Gasteiger charge is -2.18. The van der Waals surface area contributed by atoms with Gasteiger partial charge in [0.2, 0.25) is 15.9 Å². The molecule has 2 rings (SSSR count). The van der Waals surface area contributed by atoms with Gasteiger partial charge >= 0.3 is 5.97 Å². The van der Waals surface area contributed by atoms with Gasteiger partial charge in [-0.1, -0.05) is 6.07 Å². The average Bonchev–Trinajstić information content (AvgIpc) is 2.61. The molecule has 2 aromatic rings. The van der Waals surface area contributed by atoms with Gasteiger partial charge in [0.15, 0.2) is 0 Å². The Hall–Kier alpha value is -2.30. The molecular weight excluding hydrogens is 450 g/mol. The maximum Gasteiger partial charge on any atom is 0.338 e.